The molecule has 0 saturated carbocycles. The van der Waals surface area contributed by atoms with Gasteiger partial charge in [-0.1, -0.05) is 119 Å². The molecule has 0 unspecified atom stereocenters. The van der Waals surface area contributed by atoms with Gasteiger partial charge in [-0.2, -0.15) is 0 Å². The molecule has 6 nitrogen and oxygen atoms in total. The summed E-state index contributed by atoms with van der Waals surface area (Å²) in [5.74, 6) is 4.89. The van der Waals surface area contributed by atoms with Crippen LogP contribution in [0.15, 0.2) is 72.8 Å². The predicted octanol–water partition coefficient (Wildman–Crippen LogP) is 17.5. The van der Waals surface area contributed by atoms with Gasteiger partial charge < -0.3 is 28.5 Å². The van der Waals surface area contributed by atoms with Gasteiger partial charge in [0.15, 0.2) is 0 Å². The van der Waals surface area contributed by atoms with Gasteiger partial charge in [-0.15, -0.1) is 0 Å². The van der Waals surface area contributed by atoms with Gasteiger partial charge in [0.25, 0.3) is 16.6 Å². The summed E-state index contributed by atoms with van der Waals surface area (Å²) >= 11 is 8.69. The van der Waals surface area contributed by atoms with Crippen LogP contribution in [0.5, 0.6) is 46.0 Å². The second kappa shape index (κ2) is 21.1. The number of ether oxygens (including phenoxy) is 2. The summed E-state index contributed by atoms with van der Waals surface area (Å²) in [6.45, 7) is 39.4. The molecule has 4 rings (SSSR count). The molecule has 4 aromatic carbocycles. The molecule has 4 aromatic rings. The van der Waals surface area contributed by atoms with Crippen LogP contribution in [0.2, 0.25) is 59.9 Å². The number of benzene rings is 4. The standard InChI is InChI=1S/C24H36I2O3Si2.C12H8I2O3.C9H22Si/c1-23(2,3)30(7,8)28-19-15-11-13-17(21(19)25)27-18-14-12-16-20(22(18)26)29-31(9,10)24(4,5)6;13-11-7(15)3-1-5-9(11)17-10-6-2-4-8(16)12(10)14;1-8(2)10(6,7)9(3,4)5/h11-16H,1-10H3;1-6,15-16H;8H,1-7H3. The van der Waals surface area contributed by atoms with E-state index in [1.165, 1.54) is 0 Å². The Kier molecular flexibility index (Phi) is 19.4. The smallest absolute Gasteiger partial charge is 0.250 e. The lowest BCUT2D eigenvalue weighted by molar-refractivity contribution is 0.437. The molecule has 0 bridgehead atoms. The molecule has 2 N–H and O–H groups in total. The van der Waals surface area contributed by atoms with Crippen molar-refractivity contribution < 1.29 is 28.5 Å². The summed E-state index contributed by atoms with van der Waals surface area (Å²) in [6, 6.07) is 22.2. The first-order valence-corrected chi connectivity index (χ1v) is 32.7. The van der Waals surface area contributed by atoms with Crippen LogP contribution in [-0.2, 0) is 0 Å². The van der Waals surface area contributed by atoms with Crippen LogP contribution in [0.25, 0.3) is 0 Å². The van der Waals surface area contributed by atoms with Crippen molar-refractivity contribution in [2.75, 3.05) is 0 Å². The molecule has 0 aliphatic rings. The molecule has 0 spiro atoms. The number of halogens is 4. The Morgan fingerprint density at radius 2 is 0.690 bits per heavy atom. The average molecular weight is 1290 g/mol. The molecular weight excluding hydrogens is 1230 g/mol. The van der Waals surface area contributed by atoms with Crippen molar-refractivity contribution >= 4 is 115 Å². The number of phenols is 2. The molecule has 322 valence electrons. The normalized spacial score (nSPS) is 12.5. The van der Waals surface area contributed by atoms with Crippen molar-refractivity contribution in [1.29, 1.82) is 0 Å². The maximum atomic E-state index is 9.56. The van der Waals surface area contributed by atoms with Gasteiger partial charge in [-0.05, 0) is 180 Å². The Labute approximate surface area is 408 Å². The van der Waals surface area contributed by atoms with Crippen LogP contribution < -0.4 is 18.3 Å². The van der Waals surface area contributed by atoms with Crippen molar-refractivity contribution in [3.8, 4) is 46.0 Å². The maximum absolute atomic E-state index is 9.56. The Bertz CT molecular complexity index is 1860. The van der Waals surface area contributed by atoms with E-state index in [0.717, 1.165) is 35.7 Å². The zero-order valence-electron chi connectivity index (χ0n) is 37.5. The van der Waals surface area contributed by atoms with E-state index in [2.05, 4.69) is 161 Å². The van der Waals surface area contributed by atoms with Crippen molar-refractivity contribution in [3.63, 3.8) is 0 Å². The topological polar surface area (TPSA) is 77.4 Å². The highest BCUT2D eigenvalue weighted by atomic mass is 127. The van der Waals surface area contributed by atoms with Crippen LogP contribution in [0, 0.1) is 14.3 Å². The molecule has 0 radical (unpaired) electrons. The summed E-state index contributed by atoms with van der Waals surface area (Å²) in [7, 11) is -4.85. The summed E-state index contributed by atoms with van der Waals surface area (Å²) in [4.78, 5) is 0. The first-order chi connectivity index (χ1) is 26.2. The second-order valence-corrected chi connectivity index (χ2v) is 39.2. The van der Waals surface area contributed by atoms with Crippen LogP contribution >= 0.6 is 90.4 Å². The predicted molar refractivity (Wildman–Crippen MR) is 288 cm³/mol. The van der Waals surface area contributed by atoms with Gasteiger partial charge >= 0.3 is 0 Å². The van der Waals surface area contributed by atoms with Crippen LogP contribution in [-0.4, -0.2) is 34.9 Å². The molecule has 58 heavy (non-hydrogen) atoms. The zero-order chi connectivity index (χ0) is 44.8. The summed E-state index contributed by atoms with van der Waals surface area (Å²) < 4.78 is 28.4. The molecule has 0 aliphatic carbocycles. The fraction of sp³-hybridized carbons (Fsp3) is 0.467. The number of hydrogen-bond acceptors (Lipinski definition) is 6. The van der Waals surface area contributed by atoms with E-state index in [0.29, 0.717) is 23.7 Å². The van der Waals surface area contributed by atoms with Crippen molar-refractivity contribution in [1.82, 2.24) is 0 Å². The Morgan fingerprint density at radius 1 is 0.431 bits per heavy atom. The monoisotopic (exact) mass is 1290 g/mol. The zero-order valence-corrected chi connectivity index (χ0v) is 49.2. The summed E-state index contributed by atoms with van der Waals surface area (Å²) in [5.41, 5.74) is 0.896. The molecule has 0 aromatic heterocycles. The average Bonchev–Trinajstić information content (AvgIpc) is 3.07. The Balaban J connectivity index is 0.000000356. The summed E-state index contributed by atoms with van der Waals surface area (Å²) in [6.07, 6.45) is 0. The maximum Gasteiger partial charge on any atom is 0.250 e. The molecule has 0 amide bonds. The van der Waals surface area contributed by atoms with Crippen LogP contribution in [0.3, 0.4) is 0 Å². The van der Waals surface area contributed by atoms with Crippen molar-refractivity contribution in [2.24, 2.45) is 0 Å². The van der Waals surface area contributed by atoms with Gasteiger partial charge in [0, 0.05) is 0 Å². The first-order valence-electron chi connectivity index (χ1n) is 19.5. The number of aromatic hydroxyl groups is 2. The van der Waals surface area contributed by atoms with E-state index in [9.17, 15) is 10.2 Å². The lowest BCUT2D eigenvalue weighted by Gasteiger charge is -2.40. The van der Waals surface area contributed by atoms with Gasteiger partial charge in [-0.25, -0.2) is 0 Å². The van der Waals surface area contributed by atoms with Gasteiger partial charge in [-0.3, -0.25) is 0 Å². The van der Waals surface area contributed by atoms with Crippen LogP contribution in [0.1, 0.15) is 76.2 Å². The quantitative estimate of drug-likeness (QED) is 0.128. The number of phenolic OH excluding ortho intramolecular Hbond substituents is 2. The molecular formula is C45H66I4O6Si3. The van der Waals surface area contributed by atoms with E-state index < -0.39 is 24.7 Å². The van der Waals surface area contributed by atoms with E-state index in [1.54, 1.807) is 36.4 Å². The highest BCUT2D eigenvalue weighted by molar-refractivity contribution is 14.1. The van der Waals surface area contributed by atoms with E-state index >= 15 is 0 Å². The third kappa shape index (κ3) is 14.4. The highest BCUT2D eigenvalue weighted by Crippen LogP contribution is 2.45. The van der Waals surface area contributed by atoms with E-state index in [-0.39, 0.29) is 21.6 Å². The minimum Gasteiger partial charge on any atom is -0.543 e. The minimum atomic E-state index is -1.93. The Morgan fingerprint density at radius 3 is 0.931 bits per heavy atom. The van der Waals surface area contributed by atoms with Gasteiger partial charge in [0.1, 0.15) is 46.0 Å². The van der Waals surface area contributed by atoms with Gasteiger partial charge in [0.05, 0.1) is 22.4 Å². The fourth-order valence-corrected chi connectivity index (χ4v) is 10.7. The summed E-state index contributed by atoms with van der Waals surface area (Å²) in [5, 5.41) is 20.0. The molecule has 0 atom stereocenters. The third-order valence-corrected chi connectivity index (χ3v) is 31.6. The first kappa shape index (κ1) is 53.4. The van der Waals surface area contributed by atoms with E-state index in [4.69, 9.17) is 18.3 Å². The molecule has 0 aliphatic heterocycles. The minimum absolute atomic E-state index is 0.137. The van der Waals surface area contributed by atoms with Crippen molar-refractivity contribution in [2.45, 2.75) is 136 Å². The van der Waals surface area contributed by atoms with Crippen molar-refractivity contribution in [3.05, 3.63) is 87.1 Å². The van der Waals surface area contributed by atoms with Gasteiger partial charge in [0.2, 0.25) is 0 Å². The fourth-order valence-electron chi connectivity index (χ4n) is 4.41. The number of hydrogen-bond donors (Lipinski definition) is 2. The SMILES string of the molecule is CC(C)(C)[Si](C)(C)Oc1cccc(Oc2cccc(O[Si](C)(C)C(C)(C)C)c2I)c1I.CC(C)[Si](C)(C)C(C)(C)C.Oc1cccc(Oc2cccc(O)c2I)c1I. The molecule has 0 saturated heterocycles. The number of rotatable bonds is 9. The molecule has 0 heterocycles. The largest absolute Gasteiger partial charge is 0.543 e. The third-order valence-electron chi connectivity index (χ3n) is 11.9. The second-order valence-electron chi connectivity index (χ2n) is 19.4. The van der Waals surface area contributed by atoms with E-state index in [1.807, 2.05) is 81.6 Å². The van der Waals surface area contributed by atoms with Crippen LogP contribution in [0.4, 0.5) is 0 Å². The highest BCUT2D eigenvalue weighted by Gasteiger charge is 2.41. The lowest BCUT2D eigenvalue weighted by Crippen LogP contribution is -2.44. The molecule has 0 fully saturated rings. The molecule has 13 heteroatoms. The Hall–Kier alpha value is -0.749. The lowest BCUT2D eigenvalue weighted by atomic mass is 10.2.